The molecule has 1 aromatic heterocycles. The standard InChI is InChI=1S/C9H10N2.3C4H9.2C2H6.CH3.3HI.Sn.V/c1-7-8-5-3-4-6-9(8)11(2)10-7;3*1-3-4-2;2*1-2;;;;;;/h3-6H,1-2H3;3*1,3-4H2,2H3;2*1-2H3;1H3;3*1H;;/q;;;;;;;;;;;+3/p-3. The summed E-state index contributed by atoms with van der Waals surface area (Å²) in [6.07, 6.45) is 8.76. The molecule has 0 fully saturated rings. The Balaban J connectivity index is -0.000000419. The van der Waals surface area contributed by atoms with E-state index in [1.807, 2.05) is 58.5 Å². The summed E-state index contributed by atoms with van der Waals surface area (Å²) >= 11 is 5.82. The summed E-state index contributed by atoms with van der Waals surface area (Å²) in [5.41, 5.74) is 2.30. The Morgan fingerprint density at radius 2 is 1.18 bits per heavy atom. The van der Waals surface area contributed by atoms with Crippen LogP contribution in [0.25, 0.3) is 10.9 Å². The number of benzene rings is 1. The first-order valence-electron chi connectivity index (χ1n) is 12.9. The zero-order valence-corrected chi connectivity index (χ0v) is 33.9. The Labute approximate surface area is 249 Å². The third kappa shape index (κ3) is 22.0. The van der Waals surface area contributed by atoms with Crippen LogP contribution in [0.5, 0.6) is 0 Å². The van der Waals surface area contributed by atoms with Gasteiger partial charge in [0, 0.05) is 12.4 Å². The van der Waals surface area contributed by atoms with Crippen LogP contribution < -0.4 is 0 Å². The van der Waals surface area contributed by atoms with Gasteiger partial charge in [-0.2, -0.15) is 5.10 Å². The van der Waals surface area contributed by atoms with Gasteiger partial charge in [0.1, 0.15) is 0 Å². The van der Waals surface area contributed by atoms with Crippen molar-refractivity contribution in [1.82, 2.24) is 9.78 Å². The molecule has 0 saturated heterocycles. The van der Waals surface area contributed by atoms with Crippen LogP contribution in [-0.2, 0) is 12.0 Å². The molecule has 0 radical (unpaired) electrons. The molecule has 2 aromatic rings. The second-order valence-corrected chi connectivity index (χ2v) is 58.0. The Bertz CT molecular complexity index is 605. The van der Waals surface area contributed by atoms with Gasteiger partial charge in [0.15, 0.2) is 0 Å². The second kappa shape index (κ2) is 27.3. The van der Waals surface area contributed by atoms with Crippen LogP contribution in [-0.4, -0.2) is 28.2 Å². The number of fused-ring (bicyclic) bond motifs is 1. The molecule has 7 heteroatoms. The Kier molecular flexibility index (Phi) is 32.9. The molecule has 0 bridgehead atoms. The van der Waals surface area contributed by atoms with Crippen molar-refractivity contribution in [3.8, 4) is 0 Å². The van der Waals surface area contributed by atoms with Gasteiger partial charge >= 0.3 is 161 Å². The quantitative estimate of drug-likeness (QED) is 0.181. The summed E-state index contributed by atoms with van der Waals surface area (Å²) in [4.78, 5) is 2.44. The second-order valence-electron chi connectivity index (χ2n) is 8.04. The van der Waals surface area contributed by atoms with Gasteiger partial charge in [-0.25, -0.2) is 0 Å². The van der Waals surface area contributed by atoms with Gasteiger partial charge < -0.3 is 0 Å². The average Bonchev–Trinajstić information content (AvgIpc) is 3.11. The van der Waals surface area contributed by atoms with Gasteiger partial charge in [-0.1, -0.05) is 45.9 Å². The normalized spacial score (nSPS) is 10.1. The molecular weight excluding hydrogens is 891 g/mol. The van der Waals surface area contributed by atoms with Crippen LogP contribution in [0.1, 0.15) is 92.7 Å². The first-order chi connectivity index (χ1) is 15.7. The van der Waals surface area contributed by atoms with E-state index in [4.69, 9.17) is 0 Å². The molecule has 0 atom stereocenters. The summed E-state index contributed by atoms with van der Waals surface area (Å²) in [7, 11) is 1.97. The summed E-state index contributed by atoms with van der Waals surface area (Å²) in [5, 5.41) is 5.55. The van der Waals surface area contributed by atoms with Crippen LogP contribution in [0, 0.1) is 6.92 Å². The first-order valence-corrected chi connectivity index (χ1v) is 35.3. The topological polar surface area (TPSA) is 17.8 Å². The number of rotatable bonds is 9. The number of halogens is 3. The molecule has 0 N–H and O–H groups in total. The SMILES string of the molecule is CC.CC.CCC[CH2][Sn]([CH3])([CH2]CCC)[CH2]CCC.Cc1nn(C)c2ccccc12.[I][V]([I])[I]. The number of nitrogens with zero attached hydrogens (tertiary/aromatic N) is 2. The summed E-state index contributed by atoms with van der Waals surface area (Å²) in [5.74, 6) is 0. The maximum absolute atomic E-state index is 4.31. The molecule has 33 heavy (non-hydrogen) atoms. The van der Waals surface area contributed by atoms with Gasteiger partial charge in [-0.3, -0.25) is 4.68 Å². The molecule has 0 aliphatic carbocycles. The average molecular weight is 943 g/mol. The van der Waals surface area contributed by atoms with E-state index in [1.54, 1.807) is 13.3 Å². The van der Waals surface area contributed by atoms with E-state index < -0.39 is 18.4 Å². The predicted molar refractivity (Wildman–Crippen MR) is 181 cm³/mol. The minimum atomic E-state index is -1.56. The van der Waals surface area contributed by atoms with Crippen LogP contribution in [0.4, 0.5) is 0 Å². The summed E-state index contributed by atoms with van der Waals surface area (Å²) < 4.78 is 6.88. The fraction of sp³-hybridized carbons (Fsp3) is 0.731. The molecule has 1 aromatic carbocycles. The van der Waals surface area contributed by atoms with Crippen molar-refractivity contribution in [2.24, 2.45) is 7.05 Å². The number of unbranched alkanes of at least 4 members (excludes halogenated alkanes) is 3. The fourth-order valence-electron chi connectivity index (χ4n) is 3.58. The molecule has 2 rings (SSSR count). The monoisotopic (exact) mass is 944 g/mol. The predicted octanol–water partition coefficient (Wildman–Crippen LogP) is 12.1. The molecule has 1 heterocycles. The number of aromatic nitrogens is 2. The zero-order valence-electron chi connectivity index (χ0n) is 23.1. The van der Waals surface area contributed by atoms with Gasteiger partial charge in [0.25, 0.3) is 0 Å². The Morgan fingerprint density at radius 1 is 0.818 bits per heavy atom. The number of hydrogen-bond donors (Lipinski definition) is 0. The van der Waals surface area contributed by atoms with Gasteiger partial charge in [0.05, 0.1) is 11.2 Å². The number of aryl methyl sites for hydroxylation is 2. The third-order valence-electron chi connectivity index (χ3n) is 5.34. The van der Waals surface area contributed by atoms with E-state index in [2.05, 4.69) is 103 Å². The van der Waals surface area contributed by atoms with Crippen molar-refractivity contribution in [2.45, 2.75) is 112 Å². The van der Waals surface area contributed by atoms with Crippen LogP contribution in [0.3, 0.4) is 0 Å². The molecule has 2 nitrogen and oxygen atoms in total. The Morgan fingerprint density at radius 3 is 1.52 bits per heavy atom. The molecule has 0 amide bonds. The van der Waals surface area contributed by atoms with Crippen LogP contribution in [0.15, 0.2) is 24.3 Å². The van der Waals surface area contributed by atoms with Gasteiger partial charge in [0.2, 0.25) is 0 Å². The molecule has 0 saturated carbocycles. The molecule has 196 valence electrons. The van der Waals surface area contributed by atoms with Crippen LogP contribution >= 0.6 is 59.9 Å². The van der Waals surface area contributed by atoms with Crippen molar-refractivity contribution in [2.75, 3.05) is 0 Å². The minimum absolute atomic E-state index is 0.278. The van der Waals surface area contributed by atoms with E-state index in [9.17, 15) is 0 Å². The maximum atomic E-state index is 4.31. The number of para-hydroxylation sites is 1. The van der Waals surface area contributed by atoms with Gasteiger partial charge in [-0.05, 0) is 13.0 Å². The third-order valence-corrected chi connectivity index (χ3v) is 18.7. The van der Waals surface area contributed by atoms with E-state index in [0.29, 0.717) is 0 Å². The van der Waals surface area contributed by atoms with Crippen LogP contribution in [0.2, 0.25) is 18.2 Å². The molecular formula is C26H52I3N2SnV. The molecule has 0 spiro atoms. The Hall–Kier alpha value is 2.26. The first kappa shape index (κ1) is 39.8. The van der Waals surface area contributed by atoms with Crippen molar-refractivity contribution < 1.29 is 4.92 Å². The molecule has 0 aliphatic heterocycles. The fourth-order valence-corrected chi connectivity index (χ4v) is 16.1. The van der Waals surface area contributed by atoms with E-state index >= 15 is 0 Å². The van der Waals surface area contributed by atoms with Crippen molar-refractivity contribution in [3.63, 3.8) is 0 Å². The number of hydrogen-bond acceptors (Lipinski definition) is 1. The molecule has 0 unspecified atom stereocenters. The zero-order chi connectivity index (χ0) is 26.3. The molecule has 0 aliphatic rings. The van der Waals surface area contributed by atoms with E-state index in [1.165, 1.54) is 49.4 Å². The van der Waals surface area contributed by atoms with Crippen molar-refractivity contribution in [3.05, 3.63) is 30.0 Å². The summed E-state index contributed by atoms with van der Waals surface area (Å²) in [6.45, 7) is 17.0. The van der Waals surface area contributed by atoms with Crippen molar-refractivity contribution in [1.29, 1.82) is 0 Å². The van der Waals surface area contributed by atoms with E-state index in [0.717, 1.165) is 5.69 Å². The van der Waals surface area contributed by atoms with E-state index in [-0.39, 0.29) is 4.92 Å². The van der Waals surface area contributed by atoms with Gasteiger partial charge in [-0.15, -0.1) is 0 Å². The van der Waals surface area contributed by atoms with Crippen molar-refractivity contribution >= 4 is 89.2 Å². The summed E-state index contributed by atoms with van der Waals surface area (Å²) in [6, 6.07) is 8.24.